The summed E-state index contributed by atoms with van der Waals surface area (Å²) in [4.78, 5) is 39.9. The van der Waals surface area contributed by atoms with Gasteiger partial charge in [0.2, 0.25) is 11.8 Å². The Bertz CT molecular complexity index is 782. The van der Waals surface area contributed by atoms with Gasteiger partial charge in [0, 0.05) is 19.0 Å². The van der Waals surface area contributed by atoms with Crippen molar-refractivity contribution in [2.45, 2.75) is 45.4 Å². The number of amides is 3. The molecule has 2 aliphatic rings. The Morgan fingerprint density at radius 2 is 1.93 bits per heavy atom. The van der Waals surface area contributed by atoms with Crippen LogP contribution in [0.25, 0.3) is 0 Å². The first-order valence-electron chi connectivity index (χ1n) is 9.87. The molecule has 1 fully saturated rings. The molecule has 28 heavy (non-hydrogen) atoms. The minimum atomic E-state index is -0.310. The summed E-state index contributed by atoms with van der Waals surface area (Å²) in [5.41, 5.74) is 7.07. The first-order chi connectivity index (χ1) is 13.2. The molecule has 1 saturated heterocycles. The van der Waals surface area contributed by atoms with Crippen LogP contribution in [-0.2, 0) is 19.8 Å². The summed E-state index contributed by atoms with van der Waals surface area (Å²) in [6.45, 7) is 7.31. The number of anilines is 1. The highest BCUT2D eigenvalue weighted by molar-refractivity contribution is 6.02. The number of primary amides is 1. The van der Waals surface area contributed by atoms with Crippen LogP contribution in [0.15, 0.2) is 18.2 Å². The molecule has 2 N–H and O–H groups in total. The molecular weight excluding hydrogens is 358 g/mol. The van der Waals surface area contributed by atoms with Gasteiger partial charge in [-0.05, 0) is 42.4 Å². The van der Waals surface area contributed by atoms with E-state index in [1.54, 1.807) is 4.90 Å². The van der Waals surface area contributed by atoms with Crippen LogP contribution in [0, 0.1) is 5.92 Å². The van der Waals surface area contributed by atoms with Crippen molar-refractivity contribution in [2.75, 3.05) is 31.1 Å². The highest BCUT2D eigenvalue weighted by Gasteiger charge is 2.32. The normalized spacial score (nSPS) is 17.9. The number of hydrogen-bond acceptors (Lipinski definition) is 4. The van der Waals surface area contributed by atoms with Crippen LogP contribution in [0.3, 0.4) is 0 Å². The summed E-state index contributed by atoms with van der Waals surface area (Å²) in [6, 6.07) is 5.86. The van der Waals surface area contributed by atoms with Gasteiger partial charge >= 0.3 is 0 Å². The Balaban J connectivity index is 1.77. The summed E-state index contributed by atoms with van der Waals surface area (Å²) in [7, 11) is 0. The molecule has 0 aromatic heterocycles. The standard InChI is InChI=1S/C21H29N3O4/c1-4-21(2,3)15-5-6-17-16(11-15)24(19(26)13-28-17)12-18(25)23-9-7-14(8-10-23)20(22)27/h5-6,11,14H,4,7-10,12-13H2,1-3H3,(H2,22,27). The van der Waals surface area contributed by atoms with Gasteiger partial charge in [-0.1, -0.05) is 26.8 Å². The molecule has 3 amide bonds. The summed E-state index contributed by atoms with van der Waals surface area (Å²) < 4.78 is 5.57. The van der Waals surface area contributed by atoms with Crippen molar-refractivity contribution in [2.24, 2.45) is 11.7 Å². The van der Waals surface area contributed by atoms with Crippen LogP contribution in [-0.4, -0.2) is 48.9 Å². The minimum absolute atomic E-state index is 0.0214. The van der Waals surface area contributed by atoms with Gasteiger partial charge in [0.15, 0.2) is 6.61 Å². The average Bonchev–Trinajstić information content (AvgIpc) is 2.69. The Hall–Kier alpha value is -2.57. The van der Waals surface area contributed by atoms with Crippen molar-refractivity contribution >= 4 is 23.4 Å². The molecule has 0 spiro atoms. The number of ether oxygens (including phenoxy) is 1. The Labute approximate surface area is 165 Å². The lowest BCUT2D eigenvalue weighted by Crippen LogP contribution is -2.49. The van der Waals surface area contributed by atoms with Gasteiger partial charge < -0.3 is 15.4 Å². The molecule has 0 bridgehead atoms. The number of nitrogens with zero attached hydrogens (tertiary/aromatic N) is 2. The fourth-order valence-electron chi connectivity index (χ4n) is 3.65. The summed E-state index contributed by atoms with van der Waals surface area (Å²) in [6.07, 6.45) is 2.10. The maximum absolute atomic E-state index is 12.8. The van der Waals surface area contributed by atoms with E-state index < -0.39 is 0 Å². The summed E-state index contributed by atoms with van der Waals surface area (Å²) in [5, 5.41) is 0. The van der Waals surface area contributed by atoms with Crippen molar-refractivity contribution in [1.29, 1.82) is 0 Å². The van der Waals surface area contributed by atoms with E-state index >= 15 is 0 Å². The predicted molar refractivity (Wildman–Crippen MR) is 106 cm³/mol. The van der Waals surface area contributed by atoms with Gasteiger partial charge in [-0.2, -0.15) is 0 Å². The van der Waals surface area contributed by atoms with E-state index in [-0.39, 0.29) is 42.2 Å². The van der Waals surface area contributed by atoms with Gasteiger partial charge in [0.25, 0.3) is 5.91 Å². The quantitative estimate of drug-likeness (QED) is 0.834. The van der Waals surface area contributed by atoms with E-state index in [2.05, 4.69) is 20.8 Å². The molecule has 0 atom stereocenters. The molecule has 0 unspecified atom stereocenters. The Kier molecular flexibility index (Phi) is 5.63. The van der Waals surface area contributed by atoms with Crippen LogP contribution in [0.2, 0.25) is 0 Å². The van der Waals surface area contributed by atoms with E-state index in [4.69, 9.17) is 10.5 Å². The fourth-order valence-corrected chi connectivity index (χ4v) is 3.65. The first kappa shape index (κ1) is 20.2. The third-order valence-corrected chi connectivity index (χ3v) is 6.11. The summed E-state index contributed by atoms with van der Waals surface area (Å²) >= 11 is 0. The second-order valence-corrected chi connectivity index (χ2v) is 8.25. The van der Waals surface area contributed by atoms with E-state index in [0.29, 0.717) is 37.4 Å². The van der Waals surface area contributed by atoms with Gasteiger partial charge in [-0.3, -0.25) is 19.3 Å². The second-order valence-electron chi connectivity index (χ2n) is 8.25. The van der Waals surface area contributed by atoms with Crippen LogP contribution >= 0.6 is 0 Å². The number of nitrogens with two attached hydrogens (primary N) is 1. The van der Waals surface area contributed by atoms with Crippen molar-refractivity contribution < 1.29 is 19.1 Å². The zero-order valence-corrected chi connectivity index (χ0v) is 16.9. The molecule has 2 heterocycles. The Morgan fingerprint density at radius 1 is 1.25 bits per heavy atom. The zero-order chi connectivity index (χ0) is 20.5. The van der Waals surface area contributed by atoms with Crippen molar-refractivity contribution in [3.05, 3.63) is 23.8 Å². The van der Waals surface area contributed by atoms with Crippen LogP contribution in [0.1, 0.15) is 45.6 Å². The van der Waals surface area contributed by atoms with Crippen LogP contribution in [0.4, 0.5) is 5.69 Å². The van der Waals surface area contributed by atoms with E-state index in [1.807, 2.05) is 18.2 Å². The largest absolute Gasteiger partial charge is 0.482 e. The molecule has 7 heteroatoms. The maximum atomic E-state index is 12.8. The summed E-state index contributed by atoms with van der Waals surface area (Å²) in [5.74, 6) is -0.205. The smallest absolute Gasteiger partial charge is 0.265 e. The van der Waals surface area contributed by atoms with Gasteiger partial charge in [0.05, 0.1) is 5.69 Å². The van der Waals surface area contributed by atoms with Gasteiger partial charge in [0.1, 0.15) is 12.3 Å². The lowest BCUT2D eigenvalue weighted by molar-refractivity contribution is -0.134. The highest BCUT2D eigenvalue weighted by Crippen LogP contribution is 2.37. The van der Waals surface area contributed by atoms with Crippen LogP contribution in [0.5, 0.6) is 5.75 Å². The second kappa shape index (κ2) is 7.81. The molecule has 0 aliphatic carbocycles. The molecule has 1 aromatic carbocycles. The average molecular weight is 387 g/mol. The lowest BCUT2D eigenvalue weighted by Gasteiger charge is -2.35. The number of carbonyl (C=O) groups is 3. The SMILES string of the molecule is CCC(C)(C)c1ccc2c(c1)N(CC(=O)N1CCC(C(N)=O)CC1)C(=O)CO2. The number of piperidine rings is 1. The maximum Gasteiger partial charge on any atom is 0.265 e. The molecule has 152 valence electrons. The molecule has 0 radical (unpaired) electrons. The number of benzene rings is 1. The number of hydrogen-bond donors (Lipinski definition) is 1. The number of rotatable bonds is 5. The van der Waals surface area contributed by atoms with Gasteiger partial charge in [-0.15, -0.1) is 0 Å². The first-order valence-corrected chi connectivity index (χ1v) is 9.87. The zero-order valence-electron chi connectivity index (χ0n) is 16.9. The Morgan fingerprint density at radius 3 is 2.54 bits per heavy atom. The van der Waals surface area contributed by atoms with E-state index in [0.717, 1.165) is 12.0 Å². The lowest BCUT2D eigenvalue weighted by atomic mass is 9.82. The third-order valence-electron chi connectivity index (χ3n) is 6.11. The van der Waals surface area contributed by atoms with E-state index in [9.17, 15) is 14.4 Å². The monoisotopic (exact) mass is 387 g/mol. The van der Waals surface area contributed by atoms with E-state index in [1.165, 1.54) is 4.90 Å². The highest BCUT2D eigenvalue weighted by atomic mass is 16.5. The number of likely N-dealkylation sites (tertiary alicyclic amines) is 1. The fraction of sp³-hybridized carbons (Fsp3) is 0.571. The van der Waals surface area contributed by atoms with Crippen molar-refractivity contribution in [1.82, 2.24) is 4.90 Å². The molecule has 0 saturated carbocycles. The molecule has 2 aliphatic heterocycles. The minimum Gasteiger partial charge on any atom is -0.482 e. The van der Waals surface area contributed by atoms with Gasteiger partial charge in [-0.25, -0.2) is 0 Å². The van der Waals surface area contributed by atoms with Crippen molar-refractivity contribution in [3.8, 4) is 5.75 Å². The molecule has 1 aromatic rings. The third kappa shape index (κ3) is 3.98. The number of fused-ring (bicyclic) bond motifs is 1. The van der Waals surface area contributed by atoms with Crippen molar-refractivity contribution in [3.63, 3.8) is 0 Å². The number of carbonyl (C=O) groups excluding carboxylic acids is 3. The molecular formula is C21H29N3O4. The topological polar surface area (TPSA) is 92.9 Å². The van der Waals surface area contributed by atoms with Crippen LogP contribution < -0.4 is 15.4 Å². The molecule has 7 nitrogen and oxygen atoms in total. The predicted octanol–water partition coefficient (Wildman–Crippen LogP) is 1.82. The molecule has 3 rings (SSSR count).